The standard InChI is InChI=1S/C13H26N2O4/c1-17-8-9-18-6-3-2-4-15-13(16)10-12-11-14-5-7-19-12/h12,14H,2-11H2,1H3,(H,15,16). The second-order valence-corrected chi connectivity index (χ2v) is 4.56. The van der Waals surface area contributed by atoms with Gasteiger partial charge in [-0.15, -0.1) is 0 Å². The highest BCUT2D eigenvalue weighted by Gasteiger charge is 2.16. The van der Waals surface area contributed by atoms with Crippen LogP contribution >= 0.6 is 0 Å². The Bertz CT molecular complexity index is 233. The molecule has 19 heavy (non-hydrogen) atoms. The van der Waals surface area contributed by atoms with E-state index in [2.05, 4.69) is 10.6 Å². The molecule has 0 aromatic heterocycles. The van der Waals surface area contributed by atoms with Gasteiger partial charge in [-0.05, 0) is 12.8 Å². The Hall–Kier alpha value is -0.690. The van der Waals surface area contributed by atoms with Crippen LogP contribution in [0.5, 0.6) is 0 Å². The third-order valence-electron chi connectivity index (χ3n) is 2.89. The Morgan fingerprint density at radius 1 is 1.37 bits per heavy atom. The summed E-state index contributed by atoms with van der Waals surface area (Å²) >= 11 is 0. The summed E-state index contributed by atoms with van der Waals surface area (Å²) in [5.74, 6) is 0.0639. The Labute approximate surface area is 115 Å². The van der Waals surface area contributed by atoms with Crippen molar-refractivity contribution in [3.63, 3.8) is 0 Å². The molecule has 6 nitrogen and oxygen atoms in total. The van der Waals surface area contributed by atoms with E-state index in [1.807, 2.05) is 0 Å². The number of rotatable bonds is 10. The highest BCUT2D eigenvalue weighted by atomic mass is 16.5. The van der Waals surface area contributed by atoms with Gasteiger partial charge in [-0.25, -0.2) is 0 Å². The van der Waals surface area contributed by atoms with Gasteiger partial charge in [-0.2, -0.15) is 0 Å². The smallest absolute Gasteiger partial charge is 0.222 e. The lowest BCUT2D eigenvalue weighted by Crippen LogP contribution is -2.41. The van der Waals surface area contributed by atoms with E-state index in [-0.39, 0.29) is 12.0 Å². The molecule has 0 spiro atoms. The Morgan fingerprint density at radius 3 is 3.00 bits per heavy atom. The van der Waals surface area contributed by atoms with Gasteiger partial charge >= 0.3 is 0 Å². The first-order valence-corrected chi connectivity index (χ1v) is 6.98. The largest absolute Gasteiger partial charge is 0.382 e. The van der Waals surface area contributed by atoms with Crippen LogP contribution in [0.25, 0.3) is 0 Å². The summed E-state index contributed by atoms with van der Waals surface area (Å²) in [6.07, 6.45) is 2.34. The molecular weight excluding hydrogens is 248 g/mol. The molecule has 1 amide bonds. The molecule has 0 bridgehead atoms. The summed E-state index contributed by atoms with van der Waals surface area (Å²) < 4.78 is 15.7. The summed E-state index contributed by atoms with van der Waals surface area (Å²) in [6.45, 7) is 5.02. The van der Waals surface area contributed by atoms with E-state index in [0.717, 1.165) is 32.5 Å². The van der Waals surface area contributed by atoms with Gasteiger partial charge in [0.1, 0.15) is 0 Å². The predicted octanol–water partition coefficient (Wildman–Crippen LogP) is -0.0757. The second-order valence-electron chi connectivity index (χ2n) is 4.56. The zero-order valence-corrected chi connectivity index (χ0v) is 11.8. The number of hydrogen-bond acceptors (Lipinski definition) is 5. The van der Waals surface area contributed by atoms with Gasteiger partial charge in [0.25, 0.3) is 0 Å². The minimum Gasteiger partial charge on any atom is -0.382 e. The maximum atomic E-state index is 11.6. The molecule has 1 aliphatic rings. The molecule has 1 fully saturated rings. The van der Waals surface area contributed by atoms with Crippen molar-refractivity contribution in [2.75, 3.05) is 53.2 Å². The monoisotopic (exact) mass is 274 g/mol. The van der Waals surface area contributed by atoms with Crippen LogP contribution in [0, 0.1) is 0 Å². The fraction of sp³-hybridized carbons (Fsp3) is 0.923. The average molecular weight is 274 g/mol. The Balaban J connectivity index is 1.87. The number of nitrogens with one attached hydrogen (secondary N) is 2. The average Bonchev–Trinajstić information content (AvgIpc) is 2.43. The summed E-state index contributed by atoms with van der Waals surface area (Å²) in [7, 11) is 1.66. The molecule has 0 aromatic rings. The molecule has 0 aliphatic carbocycles. The van der Waals surface area contributed by atoms with Crippen molar-refractivity contribution in [3.8, 4) is 0 Å². The highest BCUT2D eigenvalue weighted by molar-refractivity contribution is 5.76. The van der Waals surface area contributed by atoms with E-state index in [1.165, 1.54) is 0 Å². The van der Waals surface area contributed by atoms with Gasteiger partial charge in [-0.1, -0.05) is 0 Å². The topological polar surface area (TPSA) is 68.8 Å². The van der Waals surface area contributed by atoms with Crippen LogP contribution in [0.15, 0.2) is 0 Å². The van der Waals surface area contributed by atoms with Crippen LogP contribution in [-0.4, -0.2) is 65.2 Å². The van der Waals surface area contributed by atoms with Crippen LogP contribution in [-0.2, 0) is 19.0 Å². The van der Waals surface area contributed by atoms with E-state index < -0.39 is 0 Å². The molecule has 2 N–H and O–H groups in total. The second kappa shape index (κ2) is 11.2. The number of morpholine rings is 1. The first-order valence-electron chi connectivity index (χ1n) is 6.98. The van der Waals surface area contributed by atoms with Crippen molar-refractivity contribution in [1.29, 1.82) is 0 Å². The van der Waals surface area contributed by atoms with Crippen LogP contribution in [0.4, 0.5) is 0 Å². The van der Waals surface area contributed by atoms with Gasteiger partial charge in [0, 0.05) is 33.4 Å². The van der Waals surface area contributed by atoms with Gasteiger partial charge in [-0.3, -0.25) is 4.79 Å². The van der Waals surface area contributed by atoms with Crippen LogP contribution in [0.1, 0.15) is 19.3 Å². The molecule has 1 unspecified atom stereocenters. The fourth-order valence-corrected chi connectivity index (χ4v) is 1.83. The molecule has 1 saturated heterocycles. The van der Waals surface area contributed by atoms with Crippen molar-refractivity contribution in [1.82, 2.24) is 10.6 Å². The fourth-order valence-electron chi connectivity index (χ4n) is 1.83. The predicted molar refractivity (Wildman–Crippen MR) is 72.2 cm³/mol. The minimum absolute atomic E-state index is 0.0196. The highest BCUT2D eigenvalue weighted by Crippen LogP contribution is 2.01. The molecule has 0 aromatic carbocycles. The van der Waals surface area contributed by atoms with Crippen molar-refractivity contribution in [3.05, 3.63) is 0 Å². The van der Waals surface area contributed by atoms with Gasteiger partial charge in [0.15, 0.2) is 0 Å². The normalized spacial score (nSPS) is 19.3. The molecule has 1 atom stereocenters. The molecule has 0 saturated carbocycles. The number of carbonyl (C=O) groups is 1. The van der Waals surface area contributed by atoms with E-state index >= 15 is 0 Å². The Morgan fingerprint density at radius 2 is 2.26 bits per heavy atom. The van der Waals surface area contributed by atoms with Crippen LogP contribution in [0.3, 0.4) is 0 Å². The molecule has 1 heterocycles. The van der Waals surface area contributed by atoms with Gasteiger partial charge in [0.2, 0.25) is 5.91 Å². The lowest BCUT2D eigenvalue weighted by molar-refractivity contribution is -0.124. The molecule has 1 aliphatic heterocycles. The summed E-state index contributed by atoms with van der Waals surface area (Å²) in [5, 5.41) is 6.11. The van der Waals surface area contributed by atoms with E-state index in [0.29, 0.717) is 32.8 Å². The van der Waals surface area contributed by atoms with Crippen LogP contribution in [0.2, 0.25) is 0 Å². The maximum Gasteiger partial charge on any atom is 0.222 e. The van der Waals surface area contributed by atoms with Crippen molar-refractivity contribution >= 4 is 5.91 Å². The lowest BCUT2D eigenvalue weighted by atomic mass is 10.2. The number of carbonyl (C=O) groups excluding carboxylic acids is 1. The molecule has 0 radical (unpaired) electrons. The van der Waals surface area contributed by atoms with E-state index in [9.17, 15) is 4.79 Å². The third-order valence-corrected chi connectivity index (χ3v) is 2.89. The number of ether oxygens (including phenoxy) is 3. The van der Waals surface area contributed by atoms with Crippen LogP contribution < -0.4 is 10.6 Å². The molecule has 1 rings (SSSR count). The van der Waals surface area contributed by atoms with Crippen molar-refractivity contribution in [2.45, 2.75) is 25.4 Å². The summed E-state index contributed by atoms with van der Waals surface area (Å²) in [4.78, 5) is 11.6. The summed E-state index contributed by atoms with van der Waals surface area (Å²) in [6, 6.07) is 0. The molecular formula is C13H26N2O4. The minimum atomic E-state index is 0.0196. The Kier molecular flexibility index (Phi) is 9.61. The van der Waals surface area contributed by atoms with E-state index in [1.54, 1.807) is 7.11 Å². The van der Waals surface area contributed by atoms with Crippen molar-refractivity contribution < 1.29 is 19.0 Å². The lowest BCUT2D eigenvalue weighted by Gasteiger charge is -2.23. The zero-order valence-electron chi connectivity index (χ0n) is 11.8. The number of amides is 1. The molecule has 6 heteroatoms. The van der Waals surface area contributed by atoms with Gasteiger partial charge in [0.05, 0.1) is 32.3 Å². The maximum absolute atomic E-state index is 11.6. The first kappa shape index (κ1) is 16.4. The number of hydrogen-bond donors (Lipinski definition) is 2. The van der Waals surface area contributed by atoms with Gasteiger partial charge < -0.3 is 24.8 Å². The molecule has 112 valence electrons. The van der Waals surface area contributed by atoms with E-state index in [4.69, 9.17) is 14.2 Å². The van der Waals surface area contributed by atoms with Crippen molar-refractivity contribution in [2.24, 2.45) is 0 Å². The number of methoxy groups -OCH3 is 1. The first-order chi connectivity index (χ1) is 9.33. The quantitative estimate of drug-likeness (QED) is 0.546. The zero-order chi connectivity index (χ0) is 13.8. The summed E-state index contributed by atoms with van der Waals surface area (Å²) in [5.41, 5.74) is 0. The number of unbranched alkanes of at least 4 members (excludes halogenated alkanes) is 1. The SMILES string of the molecule is COCCOCCCCNC(=O)CC1CNCCO1. The third kappa shape index (κ3) is 8.93.